The molecule has 0 spiro atoms. The summed E-state index contributed by atoms with van der Waals surface area (Å²) in [7, 11) is 0. The largest absolute Gasteiger partial charge is 0.370 e. The summed E-state index contributed by atoms with van der Waals surface area (Å²) >= 11 is 0. The number of amides is 1. The van der Waals surface area contributed by atoms with Crippen LogP contribution < -0.4 is 10.6 Å². The van der Waals surface area contributed by atoms with Gasteiger partial charge in [0.05, 0.1) is 5.56 Å². The normalized spacial score (nSPS) is 10.4. The molecule has 2 rings (SSSR count). The highest BCUT2D eigenvalue weighted by molar-refractivity contribution is 6.04. The molecule has 4 nitrogen and oxygen atoms in total. The first-order valence-corrected chi connectivity index (χ1v) is 8.19. The van der Waals surface area contributed by atoms with Crippen molar-refractivity contribution in [2.45, 2.75) is 40.0 Å². The van der Waals surface area contributed by atoms with Crippen molar-refractivity contribution in [3.63, 3.8) is 0 Å². The second-order valence-electron chi connectivity index (χ2n) is 5.79. The lowest BCUT2D eigenvalue weighted by molar-refractivity contribution is 0.102. The maximum atomic E-state index is 12.4. The number of hydrogen-bond donors (Lipinski definition) is 2. The number of anilines is 2. The van der Waals surface area contributed by atoms with Crippen molar-refractivity contribution in [3.05, 3.63) is 53.2 Å². The van der Waals surface area contributed by atoms with E-state index in [9.17, 15) is 4.79 Å². The average molecular weight is 311 g/mol. The third-order valence-electron chi connectivity index (χ3n) is 3.83. The smallest absolute Gasteiger partial charge is 0.257 e. The van der Waals surface area contributed by atoms with Crippen molar-refractivity contribution in [1.29, 1.82) is 0 Å². The fourth-order valence-corrected chi connectivity index (χ4v) is 2.42. The Hall–Kier alpha value is -2.36. The van der Waals surface area contributed by atoms with Gasteiger partial charge in [0.1, 0.15) is 5.82 Å². The molecule has 0 saturated heterocycles. The summed E-state index contributed by atoms with van der Waals surface area (Å²) in [6, 6.07) is 9.62. The number of para-hydroxylation sites is 1. The summed E-state index contributed by atoms with van der Waals surface area (Å²) in [4.78, 5) is 16.7. The van der Waals surface area contributed by atoms with Crippen LogP contribution in [0.3, 0.4) is 0 Å². The summed E-state index contributed by atoms with van der Waals surface area (Å²) in [5, 5.41) is 6.25. The number of nitrogens with zero attached hydrogens (tertiary/aromatic N) is 1. The van der Waals surface area contributed by atoms with E-state index in [0.717, 1.165) is 35.6 Å². The second-order valence-corrected chi connectivity index (χ2v) is 5.79. The van der Waals surface area contributed by atoms with E-state index in [1.54, 1.807) is 12.3 Å². The molecular formula is C19H25N3O. The van der Waals surface area contributed by atoms with Crippen molar-refractivity contribution in [2.24, 2.45) is 0 Å². The quantitative estimate of drug-likeness (QED) is 0.737. The Morgan fingerprint density at radius 1 is 1.09 bits per heavy atom. The van der Waals surface area contributed by atoms with Crippen molar-refractivity contribution >= 4 is 17.4 Å². The van der Waals surface area contributed by atoms with E-state index in [1.165, 1.54) is 12.8 Å². The number of unbranched alkanes of at least 4 members (excludes halogenated alkanes) is 2. The Labute approximate surface area is 138 Å². The molecule has 0 fully saturated rings. The highest BCUT2D eigenvalue weighted by atomic mass is 16.1. The number of aryl methyl sites for hydroxylation is 2. The van der Waals surface area contributed by atoms with E-state index in [4.69, 9.17) is 0 Å². The lowest BCUT2D eigenvalue weighted by Crippen LogP contribution is -2.14. The zero-order valence-electron chi connectivity index (χ0n) is 14.1. The molecule has 122 valence electrons. The summed E-state index contributed by atoms with van der Waals surface area (Å²) in [6.07, 6.45) is 5.16. The van der Waals surface area contributed by atoms with Gasteiger partial charge in [-0.05, 0) is 43.5 Å². The number of benzene rings is 1. The molecule has 0 radical (unpaired) electrons. The predicted molar refractivity (Wildman–Crippen MR) is 96.1 cm³/mol. The monoisotopic (exact) mass is 311 g/mol. The van der Waals surface area contributed by atoms with Gasteiger partial charge in [0.25, 0.3) is 5.91 Å². The van der Waals surface area contributed by atoms with E-state index in [-0.39, 0.29) is 5.91 Å². The molecule has 1 aromatic carbocycles. The predicted octanol–water partition coefficient (Wildman–Crippen LogP) is 4.55. The van der Waals surface area contributed by atoms with Crippen LogP contribution in [-0.2, 0) is 0 Å². The summed E-state index contributed by atoms with van der Waals surface area (Å²) < 4.78 is 0. The van der Waals surface area contributed by atoms with Crippen molar-refractivity contribution in [3.8, 4) is 0 Å². The third kappa shape index (κ3) is 4.81. The fourth-order valence-electron chi connectivity index (χ4n) is 2.42. The SMILES string of the molecule is CCCCCNc1ccc(C(=O)Nc2c(C)cccc2C)cn1. The van der Waals surface area contributed by atoms with Crippen LogP contribution in [0.25, 0.3) is 0 Å². The standard InChI is InChI=1S/C19H25N3O/c1-4-5-6-12-20-17-11-10-16(13-21-17)19(23)22-18-14(2)8-7-9-15(18)3/h7-11,13H,4-6,12H2,1-3H3,(H,20,21)(H,22,23). The second kappa shape index (κ2) is 8.32. The van der Waals surface area contributed by atoms with Crippen LogP contribution in [-0.4, -0.2) is 17.4 Å². The Kier molecular flexibility index (Phi) is 6.15. The van der Waals surface area contributed by atoms with Crippen LogP contribution in [0.2, 0.25) is 0 Å². The third-order valence-corrected chi connectivity index (χ3v) is 3.83. The minimum Gasteiger partial charge on any atom is -0.370 e. The van der Waals surface area contributed by atoms with Crippen molar-refractivity contribution in [1.82, 2.24) is 4.98 Å². The van der Waals surface area contributed by atoms with Crippen LogP contribution >= 0.6 is 0 Å². The van der Waals surface area contributed by atoms with Gasteiger partial charge < -0.3 is 10.6 Å². The van der Waals surface area contributed by atoms with E-state index < -0.39 is 0 Å². The molecule has 1 amide bonds. The van der Waals surface area contributed by atoms with Crippen molar-refractivity contribution < 1.29 is 4.79 Å². The summed E-state index contributed by atoms with van der Waals surface area (Å²) in [5.41, 5.74) is 3.55. The molecule has 2 aromatic rings. The number of carbonyl (C=O) groups is 1. The molecular weight excluding hydrogens is 286 g/mol. The molecule has 1 aromatic heterocycles. The number of hydrogen-bond acceptors (Lipinski definition) is 3. The van der Waals surface area contributed by atoms with E-state index in [1.807, 2.05) is 38.1 Å². The van der Waals surface area contributed by atoms with Crippen molar-refractivity contribution in [2.75, 3.05) is 17.2 Å². The maximum absolute atomic E-state index is 12.4. The number of aromatic nitrogens is 1. The average Bonchev–Trinajstić information content (AvgIpc) is 2.55. The minimum absolute atomic E-state index is 0.132. The highest BCUT2D eigenvalue weighted by Gasteiger charge is 2.10. The van der Waals surface area contributed by atoms with Crippen LogP contribution in [0, 0.1) is 13.8 Å². The van der Waals surface area contributed by atoms with Crippen LogP contribution in [0.4, 0.5) is 11.5 Å². The molecule has 0 saturated carbocycles. The molecule has 0 aliphatic rings. The molecule has 1 heterocycles. The van der Waals surface area contributed by atoms with Gasteiger partial charge >= 0.3 is 0 Å². The molecule has 0 bridgehead atoms. The topological polar surface area (TPSA) is 54.0 Å². The van der Waals surface area contributed by atoms with Crippen LogP contribution in [0.1, 0.15) is 47.7 Å². The summed E-state index contributed by atoms with van der Waals surface area (Å²) in [5.74, 6) is 0.678. The van der Waals surface area contributed by atoms with Crippen LogP contribution in [0.5, 0.6) is 0 Å². The van der Waals surface area contributed by atoms with Gasteiger partial charge in [0, 0.05) is 18.4 Å². The number of rotatable bonds is 7. The van der Waals surface area contributed by atoms with E-state index in [0.29, 0.717) is 5.56 Å². The lowest BCUT2D eigenvalue weighted by atomic mass is 10.1. The molecule has 4 heteroatoms. The number of carbonyl (C=O) groups excluding carboxylic acids is 1. The van der Waals surface area contributed by atoms with Gasteiger partial charge in [-0.1, -0.05) is 38.0 Å². The Balaban J connectivity index is 1.97. The first-order chi connectivity index (χ1) is 11.1. The van der Waals surface area contributed by atoms with Crippen LogP contribution in [0.15, 0.2) is 36.5 Å². The van der Waals surface area contributed by atoms with Gasteiger partial charge in [-0.3, -0.25) is 4.79 Å². The number of nitrogens with one attached hydrogen (secondary N) is 2. The fraction of sp³-hybridized carbons (Fsp3) is 0.368. The maximum Gasteiger partial charge on any atom is 0.257 e. The summed E-state index contributed by atoms with van der Waals surface area (Å²) in [6.45, 7) is 7.07. The Morgan fingerprint density at radius 2 is 1.83 bits per heavy atom. The molecule has 0 atom stereocenters. The molecule has 23 heavy (non-hydrogen) atoms. The molecule has 0 aliphatic heterocycles. The Morgan fingerprint density at radius 3 is 2.43 bits per heavy atom. The zero-order chi connectivity index (χ0) is 16.7. The first-order valence-electron chi connectivity index (χ1n) is 8.19. The number of pyridine rings is 1. The van der Waals surface area contributed by atoms with Gasteiger partial charge in [0.2, 0.25) is 0 Å². The van der Waals surface area contributed by atoms with E-state index >= 15 is 0 Å². The zero-order valence-corrected chi connectivity index (χ0v) is 14.1. The first kappa shape index (κ1) is 17.0. The highest BCUT2D eigenvalue weighted by Crippen LogP contribution is 2.20. The molecule has 2 N–H and O–H groups in total. The van der Waals surface area contributed by atoms with Gasteiger partial charge in [-0.15, -0.1) is 0 Å². The van der Waals surface area contributed by atoms with Gasteiger partial charge in [0.15, 0.2) is 0 Å². The lowest BCUT2D eigenvalue weighted by Gasteiger charge is -2.11. The molecule has 0 aliphatic carbocycles. The Bertz CT molecular complexity index is 630. The molecule has 0 unspecified atom stereocenters. The van der Waals surface area contributed by atoms with Gasteiger partial charge in [-0.25, -0.2) is 4.98 Å². The van der Waals surface area contributed by atoms with E-state index in [2.05, 4.69) is 22.5 Å². The minimum atomic E-state index is -0.132. The van der Waals surface area contributed by atoms with Gasteiger partial charge in [-0.2, -0.15) is 0 Å².